The minimum absolute atomic E-state index is 0.00182. The highest BCUT2D eigenvalue weighted by Gasteiger charge is 2.61. The Kier molecular flexibility index (Phi) is 9.19. The van der Waals surface area contributed by atoms with E-state index in [-0.39, 0.29) is 43.4 Å². The molecule has 0 radical (unpaired) electrons. The maximum Gasteiger partial charge on any atom is 0.411 e. The summed E-state index contributed by atoms with van der Waals surface area (Å²) in [4.78, 5) is 56.6. The third-order valence-electron chi connectivity index (χ3n) is 9.62. The number of ketones is 1. The highest BCUT2D eigenvalue weighted by atomic mass is 32.2. The maximum atomic E-state index is 14.2. The predicted octanol–water partition coefficient (Wildman–Crippen LogP) is 5.74. The first-order chi connectivity index (χ1) is 25.1. The fourth-order valence-corrected chi connectivity index (χ4v) is 8.17. The number of likely N-dealkylation sites (tertiary alicyclic amines) is 1. The lowest BCUT2D eigenvalue weighted by molar-refractivity contribution is -0.131. The predicted molar refractivity (Wildman–Crippen MR) is 195 cm³/mol. The Morgan fingerprint density at radius 2 is 1.85 bits per heavy atom. The first-order valence-corrected chi connectivity index (χ1v) is 19.3. The van der Waals surface area contributed by atoms with Crippen LogP contribution < -0.4 is 14.2 Å². The Balaban J connectivity index is 1.19. The van der Waals surface area contributed by atoms with Gasteiger partial charge in [-0.2, -0.15) is 4.98 Å². The Hall–Kier alpha value is -5.05. The smallest absolute Gasteiger partial charge is 0.411 e. The summed E-state index contributed by atoms with van der Waals surface area (Å²) in [5, 5.41) is -0.606. The van der Waals surface area contributed by atoms with Gasteiger partial charge in [0.05, 0.1) is 29.4 Å². The molecule has 2 aliphatic carbocycles. The van der Waals surface area contributed by atoms with Crippen LogP contribution in [0.3, 0.4) is 0 Å². The largest absolute Gasteiger partial charge is 0.491 e. The molecule has 53 heavy (non-hydrogen) atoms. The van der Waals surface area contributed by atoms with Crippen LogP contribution >= 0.6 is 0 Å². The minimum Gasteiger partial charge on any atom is -0.491 e. The van der Waals surface area contributed by atoms with Gasteiger partial charge in [-0.3, -0.25) is 24.2 Å². The van der Waals surface area contributed by atoms with Crippen molar-refractivity contribution in [1.82, 2.24) is 24.6 Å². The summed E-state index contributed by atoms with van der Waals surface area (Å²) in [5.74, 6) is -0.418. The molecule has 280 valence electrons. The van der Waals surface area contributed by atoms with Crippen molar-refractivity contribution >= 4 is 50.0 Å². The van der Waals surface area contributed by atoms with Crippen LogP contribution in [-0.4, -0.2) is 81.7 Å². The van der Waals surface area contributed by atoms with Crippen molar-refractivity contribution in [3.8, 4) is 23.0 Å². The van der Waals surface area contributed by atoms with Crippen LogP contribution in [0.2, 0.25) is 0 Å². The lowest BCUT2D eigenvalue weighted by Gasteiger charge is -2.28. The van der Waals surface area contributed by atoms with Crippen molar-refractivity contribution in [2.75, 3.05) is 6.54 Å². The van der Waals surface area contributed by atoms with Crippen LogP contribution in [0.5, 0.6) is 11.6 Å². The van der Waals surface area contributed by atoms with Gasteiger partial charge in [-0.25, -0.2) is 18.2 Å². The van der Waals surface area contributed by atoms with Crippen molar-refractivity contribution in [3.05, 3.63) is 55.3 Å². The van der Waals surface area contributed by atoms with Gasteiger partial charge in [-0.05, 0) is 96.2 Å². The van der Waals surface area contributed by atoms with Crippen molar-refractivity contribution < 1.29 is 41.4 Å². The second kappa shape index (κ2) is 13.4. The van der Waals surface area contributed by atoms with E-state index in [0.29, 0.717) is 46.6 Å². The fraction of sp³-hybridized carbons (Fsp3) is 0.474. The summed E-state index contributed by atoms with van der Waals surface area (Å²) in [7, 11) is -3.84. The number of fused-ring (bicyclic) bond motifs is 3. The quantitative estimate of drug-likeness (QED) is 0.174. The molecule has 0 bridgehead atoms. The first-order valence-electron chi connectivity index (χ1n) is 17.8. The molecule has 4 atom stereocenters. The van der Waals surface area contributed by atoms with Gasteiger partial charge in [-0.15, -0.1) is 6.58 Å². The maximum absolute atomic E-state index is 14.2. The fourth-order valence-electron chi connectivity index (χ4n) is 6.78. The number of furan rings is 1. The molecule has 2 amide bonds. The van der Waals surface area contributed by atoms with E-state index >= 15 is 0 Å². The molecule has 1 saturated heterocycles. The summed E-state index contributed by atoms with van der Waals surface area (Å²) in [6.07, 6.45) is 2.71. The zero-order valence-corrected chi connectivity index (χ0v) is 31.1. The Morgan fingerprint density at radius 3 is 2.49 bits per heavy atom. The van der Waals surface area contributed by atoms with Crippen molar-refractivity contribution in [1.29, 1.82) is 0 Å². The minimum atomic E-state index is -3.84. The molecule has 0 unspecified atom stereocenters. The Bertz CT molecular complexity index is 2210. The number of pyridine rings is 1. The Labute approximate surface area is 307 Å². The van der Waals surface area contributed by atoms with Crippen molar-refractivity contribution in [3.63, 3.8) is 0 Å². The molecule has 7 rings (SSSR count). The molecule has 4 aromatic rings. The number of benzene rings is 1. The van der Waals surface area contributed by atoms with E-state index in [1.54, 1.807) is 45.2 Å². The molecule has 1 N–H and O–H groups in total. The molecular weight excluding hydrogens is 703 g/mol. The number of allylic oxidation sites excluding steroid dienone is 1. The van der Waals surface area contributed by atoms with Crippen LogP contribution in [-0.2, 0) is 24.3 Å². The van der Waals surface area contributed by atoms with Gasteiger partial charge in [0.25, 0.3) is 5.88 Å². The van der Waals surface area contributed by atoms with E-state index in [9.17, 15) is 22.8 Å². The van der Waals surface area contributed by atoms with E-state index in [4.69, 9.17) is 28.6 Å². The zero-order valence-electron chi connectivity index (χ0n) is 30.3. The summed E-state index contributed by atoms with van der Waals surface area (Å²) >= 11 is 0. The molecule has 14 nitrogen and oxygen atoms in total. The highest BCUT2D eigenvalue weighted by molar-refractivity contribution is 7.90. The van der Waals surface area contributed by atoms with Crippen LogP contribution in [0.1, 0.15) is 66.7 Å². The van der Waals surface area contributed by atoms with E-state index in [0.717, 1.165) is 0 Å². The van der Waals surface area contributed by atoms with E-state index in [1.165, 1.54) is 4.90 Å². The van der Waals surface area contributed by atoms with Gasteiger partial charge in [-0.1, -0.05) is 6.08 Å². The number of sulfonamides is 1. The molecule has 3 fully saturated rings. The number of hydrogen-bond acceptors (Lipinski definition) is 12. The third kappa shape index (κ3) is 7.44. The van der Waals surface area contributed by atoms with Gasteiger partial charge < -0.3 is 18.6 Å². The number of nitrogens with zero attached hydrogens (tertiary/aromatic N) is 4. The lowest BCUT2D eigenvalue weighted by atomic mass is 9.91. The summed E-state index contributed by atoms with van der Waals surface area (Å²) < 4.78 is 51.7. The normalized spacial score (nSPS) is 22.9. The summed E-state index contributed by atoms with van der Waals surface area (Å²) in [5.41, 5.74) is 0.195. The second-order valence-corrected chi connectivity index (χ2v) is 17.3. The number of carbonyl (C=O) groups is 3. The zero-order chi connectivity index (χ0) is 37.9. The van der Waals surface area contributed by atoms with Crippen LogP contribution in [0, 0.1) is 11.3 Å². The Morgan fingerprint density at radius 1 is 1.11 bits per heavy atom. The molecule has 15 heteroatoms. The standard InChI is InChI=1S/C38H43N5O9S/c1-7-23-18-38(23,35(45)42-53(47,48)26-14-15-26)19-28(44)27-17-25(20-43(27)36(46)52-37(4,5)6)50-34-32-31(30-29(51-32)9-8-16-39-30)40-33(41-34)22-10-12-24(13-11-22)49-21(2)3/h7-13,16,21,23,25-27H,1,14-15,17-20H2,2-6H3,(H,42,45)/t23-,25-,27+,38-/m1/s1. The molecule has 0 spiro atoms. The first kappa shape index (κ1) is 36.3. The average molecular weight is 746 g/mol. The van der Waals surface area contributed by atoms with E-state index < -0.39 is 62.1 Å². The van der Waals surface area contributed by atoms with Crippen LogP contribution in [0.15, 0.2) is 59.7 Å². The monoisotopic (exact) mass is 745 g/mol. The second-order valence-electron chi connectivity index (χ2n) is 15.3. The van der Waals surface area contributed by atoms with Gasteiger partial charge in [0.1, 0.15) is 28.5 Å². The lowest BCUT2D eigenvalue weighted by Crippen LogP contribution is -2.46. The number of Topliss-reactive ketones (excluding diaryl/α,β-unsaturated/α-hetero) is 1. The molecule has 3 aromatic heterocycles. The topological polar surface area (TPSA) is 180 Å². The van der Waals surface area contributed by atoms with Gasteiger partial charge in [0.2, 0.25) is 21.5 Å². The molecule has 2 saturated carbocycles. The number of ether oxygens (including phenoxy) is 3. The van der Waals surface area contributed by atoms with Crippen LogP contribution in [0.25, 0.3) is 33.6 Å². The molecular formula is C38H43N5O9S. The summed E-state index contributed by atoms with van der Waals surface area (Å²) in [6.45, 7) is 12.8. The third-order valence-corrected chi connectivity index (χ3v) is 11.4. The molecule has 1 aliphatic heterocycles. The number of rotatable bonds is 12. The number of hydrogen-bond donors (Lipinski definition) is 1. The number of carbonyl (C=O) groups excluding carboxylic acids is 3. The SMILES string of the molecule is C=C[C@@H]1C[C@]1(CC(=O)[C@@H]1C[C@@H](Oc2nc(-c3ccc(OC(C)C)cc3)nc3c2oc2cccnc23)CN1C(=O)OC(C)(C)C)C(=O)NS(=O)(=O)C1CC1. The molecule has 1 aromatic carbocycles. The average Bonchev–Trinajstić information content (AvgIpc) is 3.99. The molecule has 4 heterocycles. The van der Waals surface area contributed by atoms with Crippen LogP contribution in [0.4, 0.5) is 4.79 Å². The number of nitrogens with one attached hydrogen (secondary N) is 1. The van der Waals surface area contributed by atoms with E-state index in [2.05, 4.69) is 16.3 Å². The highest BCUT2D eigenvalue weighted by Crippen LogP contribution is 2.57. The molecule has 3 aliphatic rings. The number of aromatic nitrogens is 3. The summed E-state index contributed by atoms with van der Waals surface area (Å²) in [6, 6.07) is 9.79. The van der Waals surface area contributed by atoms with Gasteiger partial charge in [0, 0.05) is 24.6 Å². The van der Waals surface area contributed by atoms with Gasteiger partial charge >= 0.3 is 6.09 Å². The van der Waals surface area contributed by atoms with E-state index in [1.807, 2.05) is 38.1 Å². The van der Waals surface area contributed by atoms with Crippen molar-refractivity contribution in [2.45, 2.75) is 95.8 Å². The number of amides is 2. The van der Waals surface area contributed by atoms with Crippen molar-refractivity contribution in [2.24, 2.45) is 11.3 Å². The van der Waals surface area contributed by atoms with Gasteiger partial charge in [0.15, 0.2) is 17.2 Å².